The summed E-state index contributed by atoms with van der Waals surface area (Å²) in [6.45, 7) is 2.39. The summed E-state index contributed by atoms with van der Waals surface area (Å²) in [6.07, 6.45) is 2.90. The highest BCUT2D eigenvalue weighted by Crippen LogP contribution is 2.39. The molecule has 0 radical (unpaired) electrons. The van der Waals surface area contributed by atoms with Crippen LogP contribution in [0.5, 0.6) is 5.75 Å². The Hall–Kier alpha value is -2.76. The second-order valence-electron chi connectivity index (χ2n) is 8.27. The number of hydrogen-bond acceptors (Lipinski definition) is 4. The van der Waals surface area contributed by atoms with Gasteiger partial charge in [0.15, 0.2) is 0 Å². The van der Waals surface area contributed by atoms with Gasteiger partial charge in [0.05, 0.1) is 19.1 Å². The van der Waals surface area contributed by atoms with Crippen molar-refractivity contribution in [1.29, 1.82) is 0 Å². The van der Waals surface area contributed by atoms with Crippen molar-refractivity contribution in [3.8, 4) is 5.75 Å². The number of amides is 1. The number of anilines is 2. The van der Waals surface area contributed by atoms with E-state index < -0.39 is 0 Å². The predicted molar refractivity (Wildman–Crippen MR) is 111 cm³/mol. The van der Waals surface area contributed by atoms with Crippen molar-refractivity contribution in [3.05, 3.63) is 53.8 Å². The molecule has 6 heteroatoms. The Morgan fingerprint density at radius 3 is 2.66 bits per heavy atom. The van der Waals surface area contributed by atoms with Gasteiger partial charge < -0.3 is 19.9 Å². The molecule has 2 aromatic carbocycles. The molecule has 2 fully saturated rings. The van der Waals surface area contributed by atoms with Gasteiger partial charge >= 0.3 is 0 Å². The minimum absolute atomic E-state index is 0.0761. The largest absolute Gasteiger partial charge is 0.497 e. The first-order valence-electron chi connectivity index (χ1n) is 10.4. The Balaban J connectivity index is 1.46. The molecule has 2 atom stereocenters. The summed E-state index contributed by atoms with van der Waals surface area (Å²) in [4.78, 5) is 17.7. The second kappa shape index (κ2) is 7.25. The lowest BCUT2D eigenvalue weighted by Gasteiger charge is -2.49. The van der Waals surface area contributed by atoms with Crippen molar-refractivity contribution in [2.75, 3.05) is 36.5 Å². The molecule has 0 aromatic heterocycles. The molecule has 3 aliphatic rings. The van der Waals surface area contributed by atoms with Crippen molar-refractivity contribution >= 4 is 17.3 Å². The fourth-order valence-corrected chi connectivity index (χ4v) is 4.63. The molecule has 152 valence electrons. The first kappa shape index (κ1) is 18.3. The van der Waals surface area contributed by atoms with Crippen LogP contribution in [0.3, 0.4) is 0 Å². The fourth-order valence-electron chi connectivity index (χ4n) is 4.63. The predicted octanol–water partition coefficient (Wildman–Crippen LogP) is 2.98. The monoisotopic (exact) mass is 395 g/mol. The number of fused-ring (bicyclic) bond motifs is 3. The van der Waals surface area contributed by atoms with Gasteiger partial charge in [0, 0.05) is 43.1 Å². The van der Waals surface area contributed by atoms with E-state index in [1.165, 1.54) is 23.4 Å². The van der Waals surface area contributed by atoms with Gasteiger partial charge in [-0.2, -0.15) is 0 Å². The molecule has 1 saturated heterocycles. The number of benzene rings is 2. The van der Waals surface area contributed by atoms with Crippen LogP contribution >= 0.6 is 0 Å². The van der Waals surface area contributed by atoms with E-state index in [0.29, 0.717) is 6.04 Å². The molecule has 2 aromatic rings. The summed E-state index contributed by atoms with van der Waals surface area (Å²) >= 11 is 0. The number of nitrogens with zero attached hydrogens (tertiary/aromatic N) is 2. The first-order valence-corrected chi connectivity index (χ1v) is 10.4. The number of carbonyl (C=O) groups is 1. The van der Waals surface area contributed by atoms with Gasteiger partial charge in [-0.15, -0.1) is 0 Å². The van der Waals surface area contributed by atoms with Crippen LogP contribution in [0.25, 0.3) is 0 Å². The van der Waals surface area contributed by atoms with Crippen LogP contribution in [-0.2, 0) is 11.2 Å². The summed E-state index contributed by atoms with van der Waals surface area (Å²) in [5.41, 5.74) is 3.38. The topological polar surface area (TPSA) is 44.8 Å². The Morgan fingerprint density at radius 1 is 1.14 bits per heavy atom. The van der Waals surface area contributed by atoms with E-state index in [1.54, 1.807) is 7.11 Å². The second-order valence-corrected chi connectivity index (χ2v) is 8.27. The Bertz CT molecular complexity index is 913. The third kappa shape index (κ3) is 3.52. The average Bonchev–Trinajstić information content (AvgIpc) is 3.56. The minimum Gasteiger partial charge on any atom is -0.497 e. The Labute approximate surface area is 170 Å². The standard InChI is InChI=1S/C23H26FN3O2/c1-29-19-9-2-15-12-20(23(28)25-17-5-6-17)22-14-26(10-11-27(22)21(15)13-19)18-7-3-16(24)4-8-18/h2-4,7-9,13,17,20,22H,5-6,10-12,14H2,1H3,(H,25,28). The maximum Gasteiger partial charge on any atom is 0.225 e. The number of rotatable bonds is 4. The smallest absolute Gasteiger partial charge is 0.225 e. The molecule has 29 heavy (non-hydrogen) atoms. The van der Waals surface area contributed by atoms with Gasteiger partial charge in [0.2, 0.25) is 5.91 Å². The Kier molecular flexibility index (Phi) is 4.57. The summed E-state index contributed by atoms with van der Waals surface area (Å²) in [5, 5.41) is 3.21. The van der Waals surface area contributed by atoms with E-state index >= 15 is 0 Å². The van der Waals surface area contributed by atoms with Crippen LogP contribution in [0.1, 0.15) is 18.4 Å². The summed E-state index contributed by atoms with van der Waals surface area (Å²) in [5.74, 6) is 0.668. The van der Waals surface area contributed by atoms with E-state index in [4.69, 9.17) is 4.74 Å². The van der Waals surface area contributed by atoms with Gasteiger partial charge in [0.1, 0.15) is 11.6 Å². The molecule has 2 heterocycles. The highest BCUT2D eigenvalue weighted by atomic mass is 19.1. The van der Waals surface area contributed by atoms with E-state index in [-0.39, 0.29) is 23.7 Å². The van der Waals surface area contributed by atoms with Crippen LogP contribution in [0.4, 0.5) is 15.8 Å². The molecule has 2 unspecified atom stereocenters. The normalized spacial score (nSPS) is 23.2. The van der Waals surface area contributed by atoms with E-state index in [0.717, 1.165) is 50.3 Å². The van der Waals surface area contributed by atoms with Crippen molar-refractivity contribution in [1.82, 2.24) is 5.32 Å². The molecular formula is C23H26FN3O2. The number of piperazine rings is 1. The van der Waals surface area contributed by atoms with E-state index in [9.17, 15) is 9.18 Å². The quantitative estimate of drug-likeness (QED) is 0.865. The highest BCUT2D eigenvalue weighted by Gasteiger charge is 2.42. The lowest BCUT2D eigenvalue weighted by molar-refractivity contribution is -0.126. The maximum absolute atomic E-state index is 13.4. The summed E-state index contributed by atoms with van der Waals surface area (Å²) in [6, 6.07) is 13.2. The van der Waals surface area contributed by atoms with Crippen molar-refractivity contribution in [3.63, 3.8) is 0 Å². The molecule has 1 N–H and O–H groups in total. The van der Waals surface area contributed by atoms with Crippen molar-refractivity contribution in [2.45, 2.75) is 31.3 Å². The maximum atomic E-state index is 13.4. The van der Waals surface area contributed by atoms with Crippen LogP contribution in [0.15, 0.2) is 42.5 Å². The highest BCUT2D eigenvalue weighted by molar-refractivity contribution is 5.83. The molecule has 1 aliphatic carbocycles. The molecule has 5 rings (SSSR count). The fraction of sp³-hybridized carbons (Fsp3) is 0.435. The molecule has 2 aliphatic heterocycles. The average molecular weight is 395 g/mol. The SMILES string of the molecule is COc1ccc2c(c1)N1CCN(c3ccc(F)cc3)CC1C(C(=O)NC1CC1)C2. The molecule has 1 amide bonds. The van der Waals surface area contributed by atoms with Gasteiger partial charge in [-0.25, -0.2) is 4.39 Å². The van der Waals surface area contributed by atoms with Gasteiger partial charge in [-0.3, -0.25) is 4.79 Å². The van der Waals surface area contributed by atoms with Crippen LogP contribution in [-0.4, -0.2) is 44.7 Å². The van der Waals surface area contributed by atoms with Crippen molar-refractivity contribution in [2.24, 2.45) is 5.92 Å². The lowest BCUT2D eigenvalue weighted by Crippen LogP contribution is -2.61. The molecule has 5 nitrogen and oxygen atoms in total. The van der Waals surface area contributed by atoms with Crippen LogP contribution in [0, 0.1) is 11.7 Å². The molecular weight excluding hydrogens is 369 g/mol. The number of ether oxygens (including phenoxy) is 1. The lowest BCUT2D eigenvalue weighted by atomic mass is 9.83. The Morgan fingerprint density at radius 2 is 1.93 bits per heavy atom. The molecule has 1 saturated carbocycles. The molecule has 0 bridgehead atoms. The zero-order valence-corrected chi connectivity index (χ0v) is 16.6. The third-order valence-corrected chi connectivity index (χ3v) is 6.38. The first-order chi connectivity index (χ1) is 14.1. The van der Waals surface area contributed by atoms with Gasteiger partial charge in [0.25, 0.3) is 0 Å². The summed E-state index contributed by atoms with van der Waals surface area (Å²) in [7, 11) is 1.68. The minimum atomic E-state index is -0.229. The van der Waals surface area contributed by atoms with E-state index in [1.807, 2.05) is 18.2 Å². The van der Waals surface area contributed by atoms with Gasteiger partial charge in [-0.1, -0.05) is 6.07 Å². The van der Waals surface area contributed by atoms with Gasteiger partial charge in [-0.05, 0) is 55.2 Å². The number of carbonyl (C=O) groups excluding carboxylic acids is 1. The number of methoxy groups -OCH3 is 1. The number of halogens is 1. The number of hydrogen-bond donors (Lipinski definition) is 1. The summed E-state index contributed by atoms with van der Waals surface area (Å²) < 4.78 is 18.8. The number of nitrogens with one attached hydrogen (secondary N) is 1. The molecule has 0 spiro atoms. The van der Waals surface area contributed by atoms with E-state index in [2.05, 4.69) is 27.2 Å². The zero-order valence-electron chi connectivity index (χ0n) is 16.6. The van der Waals surface area contributed by atoms with Crippen LogP contribution in [0.2, 0.25) is 0 Å². The third-order valence-electron chi connectivity index (χ3n) is 6.38. The van der Waals surface area contributed by atoms with Crippen LogP contribution < -0.4 is 19.9 Å². The zero-order chi connectivity index (χ0) is 20.0. The van der Waals surface area contributed by atoms with Crippen molar-refractivity contribution < 1.29 is 13.9 Å².